The molecule has 130 valence electrons. The zero-order valence-corrected chi connectivity index (χ0v) is 16.4. The van der Waals surface area contributed by atoms with E-state index in [-0.39, 0.29) is 24.0 Å². The molecule has 1 aliphatic heterocycles. The quantitative estimate of drug-likeness (QED) is 0.435. The monoisotopic (exact) mass is 440 g/mol. The zero-order chi connectivity index (χ0) is 16.1. The van der Waals surface area contributed by atoms with Gasteiger partial charge in [0.15, 0.2) is 5.96 Å². The van der Waals surface area contributed by atoms with Crippen molar-refractivity contribution in [3.63, 3.8) is 0 Å². The topological polar surface area (TPSA) is 81.1 Å². The summed E-state index contributed by atoms with van der Waals surface area (Å²) < 4.78 is 2.26. The van der Waals surface area contributed by atoms with Crippen LogP contribution in [0.3, 0.4) is 0 Å². The minimum atomic E-state index is 0. The molecule has 0 saturated carbocycles. The number of benzene rings is 1. The van der Waals surface area contributed by atoms with Crippen molar-refractivity contribution in [2.75, 3.05) is 11.9 Å². The van der Waals surface area contributed by atoms with Gasteiger partial charge in [-0.05, 0) is 37.5 Å². The molecule has 24 heavy (non-hydrogen) atoms. The third kappa shape index (κ3) is 4.93. The van der Waals surface area contributed by atoms with E-state index >= 15 is 0 Å². The Kier molecular flexibility index (Phi) is 7.01. The molecular weight excluding hydrogens is 415 g/mol. The Morgan fingerprint density at radius 2 is 2.17 bits per heavy atom. The lowest BCUT2D eigenvalue weighted by atomic mass is 10.2. The van der Waals surface area contributed by atoms with Crippen molar-refractivity contribution in [3.8, 4) is 0 Å². The fourth-order valence-corrected chi connectivity index (χ4v) is 2.92. The molecule has 0 bridgehead atoms. The summed E-state index contributed by atoms with van der Waals surface area (Å²) >= 11 is 0. The summed E-state index contributed by atoms with van der Waals surface area (Å²) in [5.41, 5.74) is 8.10. The van der Waals surface area contributed by atoms with Gasteiger partial charge in [0.2, 0.25) is 0 Å². The number of anilines is 1. The number of nitrogens with two attached hydrogens (primary N) is 1. The number of halogens is 1. The number of guanidine groups is 1. The van der Waals surface area contributed by atoms with Crippen molar-refractivity contribution >= 4 is 35.6 Å². The van der Waals surface area contributed by atoms with E-state index in [4.69, 9.17) is 5.73 Å². The summed E-state index contributed by atoms with van der Waals surface area (Å²) in [5.74, 6) is 2.58. The molecule has 6 nitrogen and oxygen atoms in total. The van der Waals surface area contributed by atoms with Gasteiger partial charge in [0.1, 0.15) is 11.6 Å². The van der Waals surface area contributed by atoms with E-state index in [1.807, 2.05) is 18.2 Å². The second-order valence-corrected chi connectivity index (χ2v) is 6.01. The van der Waals surface area contributed by atoms with E-state index in [2.05, 4.69) is 38.1 Å². The minimum Gasteiger partial charge on any atom is -0.370 e. The molecule has 1 aromatic carbocycles. The SMILES string of the molecule is Cc1cccc(NC(N)=NCCc2nnc3n2CCCCC3)c1.I. The van der Waals surface area contributed by atoms with Gasteiger partial charge in [-0.2, -0.15) is 0 Å². The van der Waals surface area contributed by atoms with E-state index in [1.165, 1.54) is 24.8 Å². The Bertz CT molecular complexity index is 694. The lowest BCUT2D eigenvalue weighted by Gasteiger charge is -2.07. The Labute approximate surface area is 160 Å². The predicted molar refractivity (Wildman–Crippen MR) is 108 cm³/mol. The molecule has 2 aromatic rings. The zero-order valence-electron chi connectivity index (χ0n) is 14.0. The van der Waals surface area contributed by atoms with Gasteiger partial charge in [-0.15, -0.1) is 34.2 Å². The van der Waals surface area contributed by atoms with Gasteiger partial charge in [0.05, 0.1) is 0 Å². The van der Waals surface area contributed by atoms with Crippen LogP contribution in [0.4, 0.5) is 5.69 Å². The molecule has 0 saturated heterocycles. The molecule has 0 aliphatic carbocycles. The maximum absolute atomic E-state index is 5.95. The summed E-state index contributed by atoms with van der Waals surface area (Å²) in [6, 6.07) is 8.07. The molecule has 0 radical (unpaired) electrons. The van der Waals surface area contributed by atoms with Gasteiger partial charge in [-0.25, -0.2) is 0 Å². The van der Waals surface area contributed by atoms with Crippen LogP contribution < -0.4 is 11.1 Å². The van der Waals surface area contributed by atoms with Crippen molar-refractivity contribution in [1.82, 2.24) is 14.8 Å². The first-order valence-electron chi connectivity index (χ1n) is 8.27. The molecule has 3 rings (SSSR count). The van der Waals surface area contributed by atoms with E-state index in [9.17, 15) is 0 Å². The van der Waals surface area contributed by atoms with Crippen molar-refractivity contribution in [1.29, 1.82) is 0 Å². The standard InChI is InChI=1S/C17H24N6.HI/c1-13-6-5-7-14(12-13)20-17(18)19-10-9-16-22-21-15-8-3-2-4-11-23(15)16;/h5-7,12H,2-4,8-11H2,1H3,(H3,18,19,20);1H. The molecule has 1 aliphatic rings. The lowest BCUT2D eigenvalue weighted by molar-refractivity contribution is 0.605. The highest BCUT2D eigenvalue weighted by Crippen LogP contribution is 2.14. The summed E-state index contributed by atoms with van der Waals surface area (Å²) in [6.07, 6.45) is 5.49. The van der Waals surface area contributed by atoms with Gasteiger partial charge in [0.25, 0.3) is 0 Å². The van der Waals surface area contributed by atoms with Crippen molar-refractivity contribution in [2.24, 2.45) is 10.7 Å². The number of hydrogen-bond donors (Lipinski definition) is 2. The molecule has 7 heteroatoms. The predicted octanol–water partition coefficient (Wildman–Crippen LogP) is 2.90. The number of hydrogen-bond acceptors (Lipinski definition) is 3. The second kappa shape index (κ2) is 9.00. The largest absolute Gasteiger partial charge is 0.370 e. The van der Waals surface area contributed by atoms with Crippen LogP contribution in [-0.4, -0.2) is 27.3 Å². The molecule has 0 atom stereocenters. The highest BCUT2D eigenvalue weighted by Gasteiger charge is 2.13. The lowest BCUT2D eigenvalue weighted by Crippen LogP contribution is -2.23. The van der Waals surface area contributed by atoms with Gasteiger partial charge >= 0.3 is 0 Å². The number of aryl methyl sites for hydroxylation is 2. The highest BCUT2D eigenvalue weighted by molar-refractivity contribution is 14.0. The summed E-state index contributed by atoms with van der Waals surface area (Å²) in [7, 11) is 0. The first-order valence-corrected chi connectivity index (χ1v) is 8.27. The van der Waals surface area contributed by atoms with Crippen LogP contribution in [-0.2, 0) is 19.4 Å². The molecule has 0 unspecified atom stereocenters. The molecule has 0 amide bonds. The molecule has 2 heterocycles. The van der Waals surface area contributed by atoms with Crippen molar-refractivity contribution < 1.29 is 0 Å². The van der Waals surface area contributed by atoms with Crippen LogP contribution in [0.15, 0.2) is 29.3 Å². The van der Waals surface area contributed by atoms with Gasteiger partial charge in [-0.3, -0.25) is 4.99 Å². The number of fused-ring (bicyclic) bond motifs is 1. The maximum atomic E-state index is 5.95. The maximum Gasteiger partial charge on any atom is 0.193 e. The third-order valence-electron chi connectivity index (χ3n) is 4.09. The number of aromatic nitrogens is 3. The number of aliphatic imine (C=N–C) groups is 1. The van der Waals surface area contributed by atoms with Gasteiger partial charge in [0, 0.05) is 31.6 Å². The molecular formula is C17H25IN6. The highest BCUT2D eigenvalue weighted by atomic mass is 127. The normalized spacial score (nSPS) is 14.5. The third-order valence-corrected chi connectivity index (χ3v) is 4.09. The van der Waals surface area contributed by atoms with E-state index < -0.39 is 0 Å². The molecule has 3 N–H and O–H groups in total. The molecule has 0 fully saturated rings. The van der Waals surface area contributed by atoms with Crippen LogP contribution in [0, 0.1) is 6.92 Å². The Morgan fingerprint density at radius 3 is 3.00 bits per heavy atom. The Balaban J connectivity index is 0.00000208. The van der Waals surface area contributed by atoms with Crippen molar-refractivity contribution in [3.05, 3.63) is 41.5 Å². The summed E-state index contributed by atoms with van der Waals surface area (Å²) in [5, 5.41) is 11.7. The molecule has 0 spiro atoms. The van der Waals surface area contributed by atoms with E-state index in [0.29, 0.717) is 12.5 Å². The summed E-state index contributed by atoms with van der Waals surface area (Å²) in [4.78, 5) is 4.40. The van der Waals surface area contributed by atoms with E-state index in [1.54, 1.807) is 0 Å². The fourth-order valence-electron chi connectivity index (χ4n) is 2.92. The number of rotatable bonds is 4. The Hall–Kier alpha value is -1.64. The van der Waals surface area contributed by atoms with Crippen LogP contribution in [0.2, 0.25) is 0 Å². The number of nitrogens with one attached hydrogen (secondary N) is 1. The molecule has 1 aromatic heterocycles. The van der Waals surface area contributed by atoms with Crippen LogP contribution in [0.25, 0.3) is 0 Å². The van der Waals surface area contributed by atoms with Gasteiger partial charge in [-0.1, -0.05) is 18.6 Å². The second-order valence-electron chi connectivity index (χ2n) is 6.01. The minimum absolute atomic E-state index is 0. The van der Waals surface area contributed by atoms with Gasteiger partial charge < -0.3 is 15.6 Å². The first kappa shape index (κ1) is 18.7. The van der Waals surface area contributed by atoms with Crippen LogP contribution in [0.1, 0.15) is 36.5 Å². The van der Waals surface area contributed by atoms with E-state index in [0.717, 1.165) is 36.7 Å². The van der Waals surface area contributed by atoms with Crippen LogP contribution >= 0.6 is 24.0 Å². The fraction of sp³-hybridized carbons (Fsp3) is 0.471. The van der Waals surface area contributed by atoms with Crippen molar-refractivity contribution in [2.45, 2.75) is 45.6 Å². The van der Waals surface area contributed by atoms with Crippen LogP contribution in [0.5, 0.6) is 0 Å². The first-order chi connectivity index (χ1) is 11.2. The Morgan fingerprint density at radius 1 is 1.29 bits per heavy atom. The summed E-state index contributed by atoms with van der Waals surface area (Å²) in [6.45, 7) is 3.69. The number of nitrogens with zero attached hydrogens (tertiary/aromatic N) is 4. The smallest absolute Gasteiger partial charge is 0.193 e. The average Bonchev–Trinajstić information content (AvgIpc) is 2.76. The average molecular weight is 440 g/mol.